The Kier molecular flexibility index (Phi) is 6.38. The van der Waals surface area contributed by atoms with Gasteiger partial charge in [-0.1, -0.05) is 54.6 Å². The molecule has 1 aliphatic rings. The molecular formula is C28H28N4O2. The van der Waals surface area contributed by atoms with Crippen LogP contribution in [0.15, 0.2) is 85.2 Å². The zero-order valence-corrected chi connectivity index (χ0v) is 19.1. The van der Waals surface area contributed by atoms with Gasteiger partial charge in [-0.3, -0.25) is 9.59 Å². The van der Waals surface area contributed by atoms with Crippen molar-refractivity contribution in [1.29, 1.82) is 0 Å². The molecule has 0 bridgehead atoms. The minimum atomic E-state index is -0.181. The lowest BCUT2D eigenvalue weighted by atomic mass is 9.95. The highest BCUT2D eigenvalue weighted by atomic mass is 16.2. The Labute approximate surface area is 199 Å². The quantitative estimate of drug-likeness (QED) is 0.476. The fourth-order valence-electron chi connectivity index (χ4n) is 4.64. The minimum Gasteiger partial charge on any atom is -0.355 e. The lowest BCUT2D eigenvalue weighted by molar-refractivity contribution is -0.126. The summed E-state index contributed by atoms with van der Waals surface area (Å²) in [4.78, 5) is 28.0. The summed E-state index contributed by atoms with van der Waals surface area (Å²) in [7, 11) is 0. The third-order valence-corrected chi connectivity index (χ3v) is 6.47. The van der Waals surface area contributed by atoms with Crippen LogP contribution in [0.2, 0.25) is 0 Å². The topological polar surface area (TPSA) is 67.2 Å². The Morgan fingerprint density at radius 2 is 1.76 bits per heavy atom. The molecule has 3 aromatic carbocycles. The maximum Gasteiger partial charge on any atom is 0.254 e. The summed E-state index contributed by atoms with van der Waals surface area (Å²) in [6, 6.07) is 23.7. The maximum absolute atomic E-state index is 13.3. The van der Waals surface area contributed by atoms with Crippen molar-refractivity contribution in [1.82, 2.24) is 20.0 Å². The van der Waals surface area contributed by atoms with Crippen molar-refractivity contribution >= 4 is 22.6 Å². The van der Waals surface area contributed by atoms with Crippen molar-refractivity contribution in [3.05, 3.63) is 96.3 Å². The van der Waals surface area contributed by atoms with E-state index in [9.17, 15) is 9.59 Å². The van der Waals surface area contributed by atoms with Crippen molar-refractivity contribution in [2.45, 2.75) is 19.3 Å². The monoisotopic (exact) mass is 452 g/mol. The van der Waals surface area contributed by atoms with Gasteiger partial charge in [0.1, 0.15) is 0 Å². The van der Waals surface area contributed by atoms with Gasteiger partial charge in [-0.05, 0) is 53.8 Å². The Morgan fingerprint density at radius 3 is 2.65 bits per heavy atom. The summed E-state index contributed by atoms with van der Waals surface area (Å²) in [6.45, 7) is 1.69. The number of aromatic nitrogens is 2. The Bertz CT molecular complexity index is 1290. The van der Waals surface area contributed by atoms with Crippen LogP contribution in [-0.4, -0.2) is 46.1 Å². The SMILES string of the molecule is O=C(NCCc1cnn(-c2ccccc2)c1)C1CCCN(C(=O)c2cccc3ccccc23)C1. The Morgan fingerprint density at radius 1 is 0.971 bits per heavy atom. The van der Waals surface area contributed by atoms with E-state index < -0.39 is 0 Å². The van der Waals surface area contributed by atoms with Crippen LogP contribution >= 0.6 is 0 Å². The lowest BCUT2D eigenvalue weighted by Gasteiger charge is -2.32. The fraction of sp³-hybridized carbons (Fsp3) is 0.250. The van der Waals surface area contributed by atoms with Crippen molar-refractivity contribution < 1.29 is 9.59 Å². The molecule has 1 aromatic heterocycles. The Hall–Kier alpha value is -3.93. The molecule has 0 aliphatic carbocycles. The predicted molar refractivity (Wildman–Crippen MR) is 133 cm³/mol. The van der Waals surface area contributed by atoms with Crippen LogP contribution in [0.4, 0.5) is 0 Å². The highest BCUT2D eigenvalue weighted by Gasteiger charge is 2.29. The number of hydrogen-bond acceptors (Lipinski definition) is 3. The van der Waals surface area contributed by atoms with Gasteiger partial charge in [-0.2, -0.15) is 5.10 Å². The number of likely N-dealkylation sites (tertiary alicyclic amines) is 1. The molecule has 4 aromatic rings. The van der Waals surface area contributed by atoms with Crippen LogP contribution in [-0.2, 0) is 11.2 Å². The summed E-state index contributed by atoms with van der Waals surface area (Å²) in [5.74, 6) is -0.159. The van der Waals surface area contributed by atoms with E-state index in [0.717, 1.165) is 34.9 Å². The molecule has 6 nitrogen and oxygen atoms in total. The zero-order valence-electron chi connectivity index (χ0n) is 19.1. The van der Waals surface area contributed by atoms with E-state index in [4.69, 9.17) is 0 Å². The number of carbonyl (C=O) groups is 2. The first-order chi connectivity index (χ1) is 16.7. The first kappa shape index (κ1) is 21.9. The first-order valence-electron chi connectivity index (χ1n) is 11.8. The molecular weight excluding hydrogens is 424 g/mol. The molecule has 1 fully saturated rings. The van der Waals surface area contributed by atoms with Crippen LogP contribution in [0.5, 0.6) is 0 Å². The van der Waals surface area contributed by atoms with E-state index in [1.807, 2.05) is 94.8 Å². The van der Waals surface area contributed by atoms with E-state index in [0.29, 0.717) is 31.6 Å². The summed E-state index contributed by atoms with van der Waals surface area (Å²) in [5, 5.41) is 9.49. The average molecular weight is 453 g/mol. The molecule has 0 radical (unpaired) electrons. The van der Waals surface area contributed by atoms with Gasteiger partial charge in [0.2, 0.25) is 5.91 Å². The Balaban J connectivity index is 1.17. The molecule has 2 heterocycles. The number of hydrogen-bond donors (Lipinski definition) is 1. The number of rotatable bonds is 6. The third-order valence-electron chi connectivity index (χ3n) is 6.47. The van der Waals surface area contributed by atoms with E-state index in [1.54, 1.807) is 0 Å². The smallest absolute Gasteiger partial charge is 0.254 e. The van der Waals surface area contributed by atoms with Crippen molar-refractivity contribution in [2.24, 2.45) is 5.92 Å². The normalized spacial score (nSPS) is 15.9. The molecule has 1 aliphatic heterocycles. The molecule has 5 rings (SSSR count). The summed E-state index contributed by atoms with van der Waals surface area (Å²) < 4.78 is 1.84. The van der Waals surface area contributed by atoms with Crippen molar-refractivity contribution in [3.63, 3.8) is 0 Å². The fourth-order valence-corrected chi connectivity index (χ4v) is 4.64. The molecule has 0 spiro atoms. The van der Waals surface area contributed by atoms with Gasteiger partial charge in [-0.25, -0.2) is 4.68 Å². The number of carbonyl (C=O) groups excluding carboxylic acids is 2. The molecule has 1 unspecified atom stereocenters. The second-order valence-corrected chi connectivity index (χ2v) is 8.79. The maximum atomic E-state index is 13.3. The zero-order chi connectivity index (χ0) is 23.3. The lowest BCUT2D eigenvalue weighted by Crippen LogP contribution is -2.45. The van der Waals surface area contributed by atoms with Gasteiger partial charge in [-0.15, -0.1) is 0 Å². The summed E-state index contributed by atoms with van der Waals surface area (Å²) in [5.41, 5.74) is 2.78. The summed E-state index contributed by atoms with van der Waals surface area (Å²) >= 11 is 0. The molecule has 0 saturated carbocycles. The largest absolute Gasteiger partial charge is 0.355 e. The molecule has 172 valence electrons. The molecule has 1 saturated heterocycles. The van der Waals surface area contributed by atoms with Gasteiger partial charge in [0.25, 0.3) is 5.91 Å². The van der Waals surface area contributed by atoms with Crippen LogP contribution < -0.4 is 5.32 Å². The highest BCUT2D eigenvalue weighted by Crippen LogP contribution is 2.23. The van der Waals surface area contributed by atoms with Gasteiger partial charge in [0, 0.05) is 31.4 Å². The molecule has 34 heavy (non-hydrogen) atoms. The van der Waals surface area contributed by atoms with Crippen LogP contribution in [0.3, 0.4) is 0 Å². The number of benzene rings is 3. The standard InChI is InChI=1S/C28H28N4O2/c33-27(29-16-15-21-18-30-32(19-21)24-11-2-1-3-12-24)23-10-7-17-31(20-23)28(34)26-14-6-9-22-8-4-5-13-25(22)26/h1-6,8-9,11-14,18-19,23H,7,10,15-17,20H2,(H,29,33). The van der Waals surface area contributed by atoms with Gasteiger partial charge >= 0.3 is 0 Å². The molecule has 6 heteroatoms. The number of fused-ring (bicyclic) bond motifs is 1. The molecule has 2 amide bonds. The number of amides is 2. The van der Waals surface area contributed by atoms with Gasteiger partial charge < -0.3 is 10.2 Å². The van der Waals surface area contributed by atoms with Crippen LogP contribution in [0, 0.1) is 5.92 Å². The van der Waals surface area contributed by atoms with Gasteiger partial charge in [0.15, 0.2) is 0 Å². The highest BCUT2D eigenvalue weighted by molar-refractivity contribution is 6.07. The second kappa shape index (κ2) is 9.91. The van der Waals surface area contributed by atoms with Crippen LogP contribution in [0.25, 0.3) is 16.5 Å². The van der Waals surface area contributed by atoms with Crippen molar-refractivity contribution in [2.75, 3.05) is 19.6 Å². The average Bonchev–Trinajstić information content (AvgIpc) is 3.37. The summed E-state index contributed by atoms with van der Waals surface area (Å²) in [6.07, 6.45) is 6.18. The number of nitrogens with zero attached hydrogens (tertiary/aromatic N) is 3. The van der Waals surface area contributed by atoms with E-state index in [-0.39, 0.29) is 17.7 Å². The van der Waals surface area contributed by atoms with E-state index in [1.165, 1.54) is 0 Å². The minimum absolute atomic E-state index is 0.00243. The number of para-hydroxylation sites is 1. The number of nitrogens with one attached hydrogen (secondary N) is 1. The van der Waals surface area contributed by atoms with Gasteiger partial charge in [0.05, 0.1) is 17.8 Å². The third kappa shape index (κ3) is 4.71. The second-order valence-electron chi connectivity index (χ2n) is 8.79. The van der Waals surface area contributed by atoms with Crippen LogP contribution in [0.1, 0.15) is 28.8 Å². The predicted octanol–water partition coefficient (Wildman–Crippen LogP) is 4.24. The molecule has 1 N–H and O–H groups in total. The van der Waals surface area contributed by atoms with Crippen molar-refractivity contribution in [3.8, 4) is 5.69 Å². The molecule has 1 atom stereocenters. The van der Waals surface area contributed by atoms with E-state index in [2.05, 4.69) is 10.4 Å². The van der Waals surface area contributed by atoms with E-state index >= 15 is 0 Å². The first-order valence-corrected chi connectivity index (χ1v) is 11.8. The number of piperidine rings is 1.